The van der Waals surface area contributed by atoms with Crippen LogP contribution in [0, 0.1) is 10.1 Å². The van der Waals surface area contributed by atoms with Crippen molar-refractivity contribution in [2.45, 2.75) is 6.54 Å². The molecule has 0 amide bonds. The van der Waals surface area contributed by atoms with Gasteiger partial charge in [-0.25, -0.2) is 0 Å². The number of nitro groups is 1. The summed E-state index contributed by atoms with van der Waals surface area (Å²) in [7, 11) is 0. The van der Waals surface area contributed by atoms with Crippen molar-refractivity contribution in [2.24, 2.45) is 0 Å². The van der Waals surface area contributed by atoms with Crippen molar-refractivity contribution in [3.05, 3.63) is 70.7 Å². The molecule has 0 fully saturated rings. The minimum absolute atomic E-state index is 0.136. The molecule has 0 aliphatic rings. The Balaban J connectivity index is 2.12. The van der Waals surface area contributed by atoms with Gasteiger partial charge < -0.3 is 4.57 Å². The van der Waals surface area contributed by atoms with Crippen LogP contribution < -0.4 is 0 Å². The fourth-order valence-corrected chi connectivity index (χ4v) is 2.20. The molecule has 0 saturated carbocycles. The summed E-state index contributed by atoms with van der Waals surface area (Å²) in [5.41, 5.74) is 1.85. The molecule has 0 N–H and O–H groups in total. The monoisotopic (exact) mass is 253 g/mol. The standard InChI is InChI=1S/C14H11N3O2/c18-17(19)13-3-1-2-12-6-9-16(14(12)13)10-11-4-7-15-8-5-11/h1-9H,10H2. The van der Waals surface area contributed by atoms with E-state index in [0.717, 1.165) is 10.9 Å². The molecule has 2 heterocycles. The Morgan fingerprint density at radius 1 is 1.16 bits per heavy atom. The summed E-state index contributed by atoms with van der Waals surface area (Å²) >= 11 is 0. The summed E-state index contributed by atoms with van der Waals surface area (Å²) in [5, 5.41) is 12.0. The zero-order chi connectivity index (χ0) is 13.2. The molecule has 0 unspecified atom stereocenters. The van der Waals surface area contributed by atoms with E-state index in [2.05, 4.69) is 4.98 Å². The van der Waals surface area contributed by atoms with Crippen LogP contribution in [0.2, 0.25) is 0 Å². The Hall–Kier alpha value is -2.69. The molecule has 0 atom stereocenters. The molecule has 0 aliphatic carbocycles. The number of nitrogens with zero attached hydrogens (tertiary/aromatic N) is 3. The molecule has 94 valence electrons. The number of pyridine rings is 1. The second kappa shape index (κ2) is 4.53. The van der Waals surface area contributed by atoms with Gasteiger partial charge in [-0.15, -0.1) is 0 Å². The molecule has 19 heavy (non-hydrogen) atoms. The molecular formula is C14H11N3O2. The van der Waals surface area contributed by atoms with Gasteiger partial charge >= 0.3 is 0 Å². The van der Waals surface area contributed by atoms with Crippen LogP contribution in [0.1, 0.15) is 5.56 Å². The topological polar surface area (TPSA) is 61.0 Å². The van der Waals surface area contributed by atoms with Crippen molar-refractivity contribution in [3.8, 4) is 0 Å². The maximum atomic E-state index is 11.1. The van der Waals surface area contributed by atoms with Gasteiger partial charge in [-0.1, -0.05) is 12.1 Å². The first-order chi connectivity index (χ1) is 9.25. The largest absolute Gasteiger partial charge is 0.337 e. The lowest BCUT2D eigenvalue weighted by atomic mass is 10.2. The number of hydrogen-bond donors (Lipinski definition) is 0. The quantitative estimate of drug-likeness (QED) is 0.532. The lowest BCUT2D eigenvalue weighted by Gasteiger charge is -2.05. The number of benzene rings is 1. The van der Waals surface area contributed by atoms with E-state index in [-0.39, 0.29) is 10.6 Å². The van der Waals surface area contributed by atoms with Crippen LogP contribution in [0.5, 0.6) is 0 Å². The molecule has 0 radical (unpaired) electrons. The molecule has 0 bridgehead atoms. The first kappa shape index (κ1) is 11.4. The van der Waals surface area contributed by atoms with Crippen molar-refractivity contribution in [2.75, 3.05) is 0 Å². The van der Waals surface area contributed by atoms with Crippen LogP contribution in [-0.4, -0.2) is 14.5 Å². The smallest absolute Gasteiger partial charge is 0.293 e. The molecule has 0 aliphatic heterocycles. The van der Waals surface area contributed by atoms with E-state index in [1.165, 1.54) is 6.07 Å². The van der Waals surface area contributed by atoms with Gasteiger partial charge in [0.25, 0.3) is 5.69 Å². The third-order valence-electron chi connectivity index (χ3n) is 3.07. The average Bonchev–Trinajstić information content (AvgIpc) is 2.83. The van der Waals surface area contributed by atoms with Gasteiger partial charge in [-0.3, -0.25) is 15.1 Å². The predicted molar refractivity (Wildman–Crippen MR) is 71.9 cm³/mol. The van der Waals surface area contributed by atoms with Crippen molar-refractivity contribution in [1.29, 1.82) is 0 Å². The molecule has 2 aromatic heterocycles. The van der Waals surface area contributed by atoms with Crippen molar-refractivity contribution in [3.63, 3.8) is 0 Å². The van der Waals surface area contributed by atoms with Crippen LogP contribution in [0.25, 0.3) is 10.9 Å². The SMILES string of the molecule is O=[N+]([O-])c1cccc2ccn(Cc3ccncc3)c12. The highest BCUT2D eigenvalue weighted by atomic mass is 16.6. The molecule has 0 spiro atoms. The Morgan fingerprint density at radius 3 is 2.68 bits per heavy atom. The lowest BCUT2D eigenvalue weighted by Crippen LogP contribution is -2.00. The maximum Gasteiger partial charge on any atom is 0.293 e. The van der Waals surface area contributed by atoms with Gasteiger partial charge in [0.2, 0.25) is 0 Å². The van der Waals surface area contributed by atoms with E-state index in [1.807, 2.05) is 35.0 Å². The summed E-state index contributed by atoms with van der Waals surface area (Å²) in [6.07, 6.45) is 5.31. The Bertz CT molecular complexity index is 735. The Morgan fingerprint density at radius 2 is 1.95 bits per heavy atom. The predicted octanol–water partition coefficient (Wildman–Crippen LogP) is 2.99. The molecule has 3 rings (SSSR count). The van der Waals surface area contributed by atoms with Gasteiger partial charge in [0, 0.05) is 36.6 Å². The highest BCUT2D eigenvalue weighted by Gasteiger charge is 2.15. The number of para-hydroxylation sites is 1. The highest BCUT2D eigenvalue weighted by Crippen LogP contribution is 2.26. The van der Waals surface area contributed by atoms with Crippen LogP contribution in [-0.2, 0) is 6.54 Å². The number of fused-ring (bicyclic) bond motifs is 1. The fourth-order valence-electron chi connectivity index (χ4n) is 2.20. The first-order valence-electron chi connectivity index (χ1n) is 5.87. The van der Waals surface area contributed by atoms with Gasteiger partial charge in [0.05, 0.1) is 4.92 Å². The lowest BCUT2D eigenvalue weighted by molar-refractivity contribution is -0.383. The number of nitro benzene ring substituents is 1. The van der Waals surface area contributed by atoms with E-state index >= 15 is 0 Å². The fraction of sp³-hybridized carbons (Fsp3) is 0.0714. The number of rotatable bonds is 3. The zero-order valence-electron chi connectivity index (χ0n) is 10.1. The van der Waals surface area contributed by atoms with Crippen LogP contribution in [0.4, 0.5) is 5.69 Å². The molecular weight excluding hydrogens is 242 g/mol. The molecule has 0 saturated heterocycles. The highest BCUT2D eigenvalue weighted by molar-refractivity contribution is 5.88. The van der Waals surface area contributed by atoms with E-state index in [1.54, 1.807) is 18.5 Å². The van der Waals surface area contributed by atoms with E-state index in [9.17, 15) is 10.1 Å². The van der Waals surface area contributed by atoms with Crippen molar-refractivity contribution in [1.82, 2.24) is 9.55 Å². The third kappa shape index (κ3) is 2.06. The summed E-state index contributed by atoms with van der Waals surface area (Å²) in [4.78, 5) is 14.7. The minimum atomic E-state index is -0.342. The number of aromatic nitrogens is 2. The molecule has 1 aromatic carbocycles. The van der Waals surface area contributed by atoms with Gasteiger partial charge in [0.1, 0.15) is 5.52 Å². The normalized spacial score (nSPS) is 10.7. The Labute approximate surface area is 109 Å². The molecule has 5 nitrogen and oxygen atoms in total. The summed E-state index contributed by atoms with van der Waals surface area (Å²) in [6, 6.07) is 10.8. The van der Waals surface area contributed by atoms with Crippen LogP contribution >= 0.6 is 0 Å². The number of hydrogen-bond acceptors (Lipinski definition) is 3. The summed E-state index contributed by atoms with van der Waals surface area (Å²) < 4.78 is 1.89. The maximum absolute atomic E-state index is 11.1. The second-order valence-corrected chi connectivity index (χ2v) is 4.27. The summed E-state index contributed by atoms with van der Waals surface area (Å²) in [5.74, 6) is 0. The van der Waals surface area contributed by atoms with Crippen molar-refractivity contribution < 1.29 is 4.92 Å². The van der Waals surface area contributed by atoms with Gasteiger partial charge in [0.15, 0.2) is 0 Å². The summed E-state index contributed by atoms with van der Waals surface area (Å²) in [6.45, 7) is 0.594. The molecule has 3 aromatic rings. The Kier molecular flexibility index (Phi) is 2.72. The van der Waals surface area contributed by atoms with E-state index in [0.29, 0.717) is 12.1 Å². The average molecular weight is 253 g/mol. The first-order valence-corrected chi connectivity index (χ1v) is 5.87. The van der Waals surface area contributed by atoms with Crippen LogP contribution in [0.15, 0.2) is 55.0 Å². The van der Waals surface area contributed by atoms with Gasteiger partial charge in [-0.2, -0.15) is 0 Å². The van der Waals surface area contributed by atoms with Crippen molar-refractivity contribution >= 4 is 16.6 Å². The van der Waals surface area contributed by atoms with Gasteiger partial charge in [-0.05, 0) is 23.8 Å². The molecule has 5 heteroatoms. The number of non-ortho nitro benzene ring substituents is 1. The van der Waals surface area contributed by atoms with E-state index in [4.69, 9.17) is 0 Å². The third-order valence-corrected chi connectivity index (χ3v) is 3.07. The minimum Gasteiger partial charge on any atom is -0.337 e. The van der Waals surface area contributed by atoms with Crippen LogP contribution in [0.3, 0.4) is 0 Å². The van der Waals surface area contributed by atoms with E-state index < -0.39 is 0 Å². The second-order valence-electron chi connectivity index (χ2n) is 4.27. The zero-order valence-corrected chi connectivity index (χ0v) is 10.1.